The highest BCUT2D eigenvalue weighted by Gasteiger charge is 2.19. The van der Waals surface area contributed by atoms with Crippen molar-refractivity contribution in [1.29, 1.82) is 0 Å². The van der Waals surface area contributed by atoms with Gasteiger partial charge in [-0.3, -0.25) is 9.59 Å². The molecule has 1 aliphatic rings. The van der Waals surface area contributed by atoms with Crippen LogP contribution in [0.5, 0.6) is 5.75 Å². The van der Waals surface area contributed by atoms with Crippen molar-refractivity contribution >= 4 is 17.5 Å². The number of carbonyl (C=O) groups is 2. The number of amides is 2. The molecule has 1 unspecified atom stereocenters. The summed E-state index contributed by atoms with van der Waals surface area (Å²) in [6, 6.07) is 10.4. The molecular weight excluding hydrogens is 366 g/mol. The molecule has 0 radical (unpaired) electrons. The molecule has 2 amide bonds. The number of hydrogen-bond donors (Lipinski definition) is 1. The molecule has 0 aliphatic carbocycles. The van der Waals surface area contributed by atoms with Crippen LogP contribution < -0.4 is 10.1 Å². The summed E-state index contributed by atoms with van der Waals surface area (Å²) in [7, 11) is 0. The lowest BCUT2D eigenvalue weighted by Crippen LogP contribution is -2.34. The summed E-state index contributed by atoms with van der Waals surface area (Å²) >= 11 is 0. The predicted octanol–water partition coefficient (Wildman–Crippen LogP) is 3.88. The third-order valence-corrected chi connectivity index (χ3v) is 4.56. The molecular formula is C21H22F2N2O3. The summed E-state index contributed by atoms with van der Waals surface area (Å²) < 4.78 is 31.6. The zero-order valence-corrected chi connectivity index (χ0v) is 15.6. The van der Waals surface area contributed by atoms with Crippen LogP contribution in [-0.2, 0) is 16.1 Å². The lowest BCUT2D eigenvalue weighted by atomic mass is 10.1. The highest BCUT2D eigenvalue weighted by atomic mass is 19.2. The van der Waals surface area contributed by atoms with Gasteiger partial charge in [-0.2, -0.15) is 0 Å². The van der Waals surface area contributed by atoms with Crippen LogP contribution in [0.1, 0.15) is 31.7 Å². The van der Waals surface area contributed by atoms with Gasteiger partial charge in [0, 0.05) is 31.3 Å². The Kier molecular flexibility index (Phi) is 6.23. The van der Waals surface area contributed by atoms with Crippen molar-refractivity contribution in [1.82, 2.24) is 4.90 Å². The molecule has 1 atom stereocenters. The van der Waals surface area contributed by atoms with E-state index in [4.69, 9.17) is 4.74 Å². The highest BCUT2D eigenvalue weighted by molar-refractivity contribution is 5.94. The van der Waals surface area contributed by atoms with E-state index < -0.39 is 23.6 Å². The van der Waals surface area contributed by atoms with Gasteiger partial charge in [-0.25, -0.2) is 8.78 Å². The number of benzene rings is 2. The number of piperidine rings is 1. The van der Waals surface area contributed by atoms with Crippen LogP contribution in [0.2, 0.25) is 0 Å². The van der Waals surface area contributed by atoms with Gasteiger partial charge in [-0.15, -0.1) is 0 Å². The van der Waals surface area contributed by atoms with E-state index in [0.29, 0.717) is 18.7 Å². The molecule has 0 aromatic heterocycles. The zero-order valence-electron chi connectivity index (χ0n) is 15.6. The van der Waals surface area contributed by atoms with Crippen LogP contribution in [0.4, 0.5) is 14.5 Å². The maximum absolute atomic E-state index is 13.3. The van der Waals surface area contributed by atoms with E-state index in [-0.39, 0.29) is 11.7 Å². The van der Waals surface area contributed by atoms with Crippen molar-refractivity contribution in [3.63, 3.8) is 0 Å². The Balaban J connectivity index is 1.60. The fourth-order valence-electron chi connectivity index (χ4n) is 3.05. The predicted molar refractivity (Wildman–Crippen MR) is 101 cm³/mol. The number of ether oxygens (including phenoxy) is 1. The first kappa shape index (κ1) is 19.8. The first-order valence-corrected chi connectivity index (χ1v) is 9.21. The Morgan fingerprint density at radius 3 is 2.75 bits per heavy atom. The monoisotopic (exact) mass is 388 g/mol. The molecule has 28 heavy (non-hydrogen) atoms. The van der Waals surface area contributed by atoms with Gasteiger partial charge in [0.2, 0.25) is 5.91 Å². The summed E-state index contributed by atoms with van der Waals surface area (Å²) in [6.45, 7) is 2.77. The summed E-state index contributed by atoms with van der Waals surface area (Å²) in [5.74, 6) is -2.22. The van der Waals surface area contributed by atoms with E-state index in [2.05, 4.69) is 5.32 Å². The van der Waals surface area contributed by atoms with Gasteiger partial charge >= 0.3 is 0 Å². The highest BCUT2D eigenvalue weighted by Crippen LogP contribution is 2.19. The Bertz CT molecular complexity index is 872. The van der Waals surface area contributed by atoms with Crippen LogP contribution in [0, 0.1) is 11.6 Å². The van der Waals surface area contributed by atoms with E-state index >= 15 is 0 Å². The van der Waals surface area contributed by atoms with E-state index in [1.807, 2.05) is 17.0 Å². The molecule has 148 valence electrons. The quantitative estimate of drug-likeness (QED) is 0.817. The fourth-order valence-corrected chi connectivity index (χ4v) is 3.05. The van der Waals surface area contributed by atoms with Crippen LogP contribution in [0.15, 0.2) is 42.5 Å². The molecule has 0 spiro atoms. The molecule has 1 N–H and O–H groups in total. The third kappa shape index (κ3) is 5.06. The van der Waals surface area contributed by atoms with Gasteiger partial charge < -0.3 is 15.0 Å². The maximum Gasteiger partial charge on any atom is 0.265 e. The number of likely N-dealkylation sites (tertiary alicyclic amines) is 1. The Morgan fingerprint density at radius 2 is 2.00 bits per heavy atom. The maximum atomic E-state index is 13.3. The number of nitrogens with zero attached hydrogens (tertiary/aromatic N) is 1. The average molecular weight is 388 g/mol. The number of hydrogen-bond acceptors (Lipinski definition) is 3. The molecule has 1 heterocycles. The van der Waals surface area contributed by atoms with Crippen LogP contribution in [0.3, 0.4) is 0 Å². The minimum Gasteiger partial charge on any atom is -0.481 e. The zero-order chi connectivity index (χ0) is 20.1. The van der Waals surface area contributed by atoms with Crippen LogP contribution >= 0.6 is 0 Å². The second-order valence-electron chi connectivity index (χ2n) is 6.80. The lowest BCUT2D eigenvalue weighted by molar-refractivity contribution is -0.133. The average Bonchev–Trinajstić information content (AvgIpc) is 2.67. The molecule has 0 saturated carbocycles. The Morgan fingerprint density at radius 1 is 1.18 bits per heavy atom. The SMILES string of the molecule is CC(Oc1ccc(F)c(F)c1)C(=O)Nc1cccc(CN2CCCCC2=O)c1. The number of carbonyl (C=O) groups excluding carboxylic acids is 2. The van der Waals surface area contributed by atoms with Crippen LogP contribution in [-0.4, -0.2) is 29.4 Å². The number of halogens is 2. The topological polar surface area (TPSA) is 58.6 Å². The number of anilines is 1. The summed E-state index contributed by atoms with van der Waals surface area (Å²) in [5.41, 5.74) is 1.50. The van der Waals surface area contributed by atoms with Crippen molar-refractivity contribution < 1.29 is 23.1 Å². The largest absolute Gasteiger partial charge is 0.481 e. The molecule has 1 saturated heterocycles. The molecule has 2 aromatic rings. The molecule has 5 nitrogen and oxygen atoms in total. The minimum atomic E-state index is -1.04. The number of nitrogens with one attached hydrogen (secondary N) is 1. The second kappa shape index (κ2) is 8.82. The van der Waals surface area contributed by atoms with Crippen molar-refractivity contribution in [3.8, 4) is 5.75 Å². The van der Waals surface area contributed by atoms with Gasteiger partial charge in [0.25, 0.3) is 5.91 Å². The second-order valence-corrected chi connectivity index (χ2v) is 6.80. The van der Waals surface area contributed by atoms with E-state index in [1.54, 1.807) is 12.1 Å². The molecule has 1 fully saturated rings. The van der Waals surface area contributed by atoms with E-state index in [9.17, 15) is 18.4 Å². The molecule has 3 rings (SSSR count). The van der Waals surface area contributed by atoms with Gasteiger partial charge in [-0.1, -0.05) is 12.1 Å². The first-order valence-electron chi connectivity index (χ1n) is 9.21. The first-order chi connectivity index (χ1) is 13.4. The van der Waals surface area contributed by atoms with Gasteiger partial charge in [0.05, 0.1) is 0 Å². The summed E-state index contributed by atoms with van der Waals surface area (Å²) in [6.07, 6.45) is 1.61. The van der Waals surface area contributed by atoms with Gasteiger partial charge in [0.1, 0.15) is 5.75 Å². The Hall–Kier alpha value is -2.96. The summed E-state index contributed by atoms with van der Waals surface area (Å²) in [5, 5.41) is 2.74. The molecule has 1 aliphatic heterocycles. The Labute approximate surface area is 162 Å². The van der Waals surface area contributed by atoms with Gasteiger partial charge in [0.15, 0.2) is 17.7 Å². The fraction of sp³-hybridized carbons (Fsp3) is 0.333. The third-order valence-electron chi connectivity index (χ3n) is 4.56. The van der Waals surface area contributed by atoms with Gasteiger partial charge in [-0.05, 0) is 49.6 Å². The van der Waals surface area contributed by atoms with Crippen LogP contribution in [0.25, 0.3) is 0 Å². The van der Waals surface area contributed by atoms with Crippen molar-refractivity contribution in [2.75, 3.05) is 11.9 Å². The molecule has 2 aromatic carbocycles. The normalized spacial score (nSPS) is 15.2. The van der Waals surface area contributed by atoms with E-state index in [1.165, 1.54) is 13.0 Å². The number of rotatable bonds is 6. The smallest absolute Gasteiger partial charge is 0.265 e. The molecule has 7 heteroatoms. The van der Waals surface area contributed by atoms with Crippen molar-refractivity contribution in [2.45, 2.75) is 38.8 Å². The van der Waals surface area contributed by atoms with E-state index in [0.717, 1.165) is 37.1 Å². The van der Waals surface area contributed by atoms with Crippen molar-refractivity contribution in [2.24, 2.45) is 0 Å². The summed E-state index contributed by atoms with van der Waals surface area (Å²) in [4.78, 5) is 26.1. The molecule has 0 bridgehead atoms. The minimum absolute atomic E-state index is 0.0684. The van der Waals surface area contributed by atoms with Crippen molar-refractivity contribution in [3.05, 3.63) is 59.7 Å². The lowest BCUT2D eigenvalue weighted by Gasteiger charge is -2.27. The standard InChI is InChI=1S/C21H22F2N2O3/c1-14(28-17-8-9-18(22)19(23)12-17)21(27)24-16-6-4-5-15(11-16)13-25-10-3-2-7-20(25)26/h4-6,8-9,11-12,14H,2-3,7,10,13H2,1H3,(H,24,27).